The van der Waals surface area contributed by atoms with Crippen molar-refractivity contribution in [2.45, 2.75) is 0 Å². The van der Waals surface area contributed by atoms with Gasteiger partial charge in [0.15, 0.2) is 12.0 Å². The van der Waals surface area contributed by atoms with Gasteiger partial charge in [-0.3, -0.25) is 4.79 Å². The lowest BCUT2D eigenvalue weighted by Gasteiger charge is -1.82. The fourth-order valence-corrected chi connectivity index (χ4v) is 0.262. The zero-order valence-electron chi connectivity index (χ0n) is 3.46. The van der Waals surface area contributed by atoms with Gasteiger partial charge in [-0.05, 0) is 0 Å². The zero-order chi connectivity index (χ0) is 5.11. The van der Waals surface area contributed by atoms with Crippen molar-refractivity contribution in [1.29, 1.82) is 0 Å². The molecule has 1 rings (SSSR count). The van der Waals surface area contributed by atoms with Crippen LogP contribution in [0.3, 0.4) is 0 Å². The number of allylic oxidation sites excluding steroid dienone is 1. The van der Waals surface area contributed by atoms with Gasteiger partial charge in [0.2, 0.25) is 0 Å². The van der Waals surface area contributed by atoms with E-state index >= 15 is 0 Å². The molecule has 0 saturated heterocycles. The molecule has 1 heterocycles. The molecular formula is C3H2BO3. The van der Waals surface area contributed by atoms with E-state index in [1.807, 2.05) is 0 Å². The Balaban J connectivity index is 2.51. The summed E-state index contributed by atoms with van der Waals surface area (Å²) >= 11 is 0. The van der Waals surface area contributed by atoms with Crippen LogP contribution in [0.25, 0.3) is 0 Å². The number of carbonyl (C=O) groups is 1. The van der Waals surface area contributed by atoms with Crippen LogP contribution in [0.2, 0.25) is 0 Å². The van der Waals surface area contributed by atoms with Crippen LogP contribution in [0.15, 0.2) is 12.0 Å². The quantitative estimate of drug-likeness (QED) is 0.330. The van der Waals surface area contributed by atoms with Crippen LogP contribution in [-0.4, -0.2) is 14.0 Å². The molecule has 0 aromatic heterocycles. The maximum Gasteiger partial charge on any atom is 0.657 e. The molecule has 3 nitrogen and oxygen atoms in total. The minimum absolute atomic E-state index is 0.208. The van der Waals surface area contributed by atoms with Gasteiger partial charge in [0.1, 0.15) is 6.26 Å². The van der Waals surface area contributed by atoms with Crippen molar-refractivity contribution in [3.05, 3.63) is 12.0 Å². The van der Waals surface area contributed by atoms with Crippen LogP contribution < -0.4 is 0 Å². The lowest BCUT2D eigenvalue weighted by Crippen LogP contribution is -1.89. The summed E-state index contributed by atoms with van der Waals surface area (Å²) in [5.41, 5.74) is 0. The number of carbonyl (C=O) groups excluding carboxylic acids is 1. The van der Waals surface area contributed by atoms with Crippen LogP contribution >= 0.6 is 0 Å². The number of hydrogen-bond donors (Lipinski definition) is 0. The smallest absolute Gasteiger partial charge is 0.529 e. The first-order chi connectivity index (χ1) is 3.43. The highest BCUT2D eigenvalue weighted by Gasteiger charge is 2.07. The monoisotopic (exact) mass is 97.0 g/mol. The Bertz CT molecular complexity index is 109. The fourth-order valence-electron chi connectivity index (χ4n) is 0.262. The number of rotatable bonds is 1. The number of hydrogen-bond acceptors (Lipinski definition) is 3. The highest BCUT2D eigenvalue weighted by atomic mass is 16.6. The summed E-state index contributed by atoms with van der Waals surface area (Å²) in [6.07, 6.45) is 1.80. The normalized spacial score (nSPS) is 15.7. The third-order valence-corrected chi connectivity index (χ3v) is 0.540. The average molecular weight is 96.9 g/mol. The van der Waals surface area contributed by atoms with E-state index in [0.717, 1.165) is 7.69 Å². The van der Waals surface area contributed by atoms with E-state index in [-0.39, 0.29) is 5.76 Å². The molecule has 0 atom stereocenters. The van der Waals surface area contributed by atoms with E-state index in [2.05, 4.69) is 9.31 Å². The molecule has 4 heteroatoms. The zero-order valence-corrected chi connectivity index (χ0v) is 3.46. The molecule has 0 amide bonds. The first kappa shape index (κ1) is 4.24. The van der Waals surface area contributed by atoms with Gasteiger partial charge in [-0.1, -0.05) is 0 Å². The van der Waals surface area contributed by atoms with Gasteiger partial charge in [0, 0.05) is 0 Å². The molecule has 35 valence electrons. The van der Waals surface area contributed by atoms with E-state index in [4.69, 9.17) is 0 Å². The minimum atomic E-state index is 0.208. The molecule has 0 fully saturated rings. The maximum atomic E-state index is 9.71. The van der Waals surface area contributed by atoms with Crippen molar-refractivity contribution in [3.63, 3.8) is 0 Å². The van der Waals surface area contributed by atoms with Crippen LogP contribution in [0.4, 0.5) is 0 Å². The summed E-state index contributed by atoms with van der Waals surface area (Å²) in [5, 5.41) is 0. The second kappa shape index (κ2) is 1.68. The average Bonchev–Trinajstić information content (AvgIpc) is 2.14. The second-order valence-electron chi connectivity index (χ2n) is 0.988. The van der Waals surface area contributed by atoms with Crippen LogP contribution in [0.5, 0.6) is 0 Å². The van der Waals surface area contributed by atoms with Crippen LogP contribution in [-0.2, 0) is 14.1 Å². The maximum absolute atomic E-state index is 9.71. The first-order valence-electron chi connectivity index (χ1n) is 1.72. The van der Waals surface area contributed by atoms with Gasteiger partial charge in [-0.25, -0.2) is 0 Å². The van der Waals surface area contributed by atoms with E-state index in [1.54, 1.807) is 0 Å². The topological polar surface area (TPSA) is 35.5 Å². The van der Waals surface area contributed by atoms with Crippen LogP contribution in [0, 0.1) is 0 Å². The van der Waals surface area contributed by atoms with Crippen LogP contribution in [0.1, 0.15) is 0 Å². The van der Waals surface area contributed by atoms with E-state index in [9.17, 15) is 4.79 Å². The van der Waals surface area contributed by atoms with Crippen molar-refractivity contribution in [3.8, 4) is 0 Å². The van der Waals surface area contributed by atoms with Crippen molar-refractivity contribution in [2.75, 3.05) is 0 Å². The second-order valence-corrected chi connectivity index (χ2v) is 0.988. The highest BCUT2D eigenvalue weighted by Crippen LogP contribution is 1.98. The molecule has 1 aliphatic heterocycles. The molecular weight excluding hydrogens is 94.8 g/mol. The molecule has 1 radical (unpaired) electrons. The Morgan fingerprint density at radius 1 is 1.86 bits per heavy atom. The Kier molecular flexibility index (Phi) is 1.02. The first-order valence-corrected chi connectivity index (χ1v) is 1.72. The molecule has 0 spiro atoms. The summed E-state index contributed by atoms with van der Waals surface area (Å²) < 4.78 is 8.86. The predicted molar refractivity (Wildman–Crippen MR) is 22.1 cm³/mol. The van der Waals surface area contributed by atoms with Crippen molar-refractivity contribution >= 4 is 14.0 Å². The minimum Gasteiger partial charge on any atom is -0.529 e. The summed E-state index contributed by atoms with van der Waals surface area (Å²) in [4.78, 5) is 9.71. The summed E-state index contributed by atoms with van der Waals surface area (Å²) in [6, 6.07) is 0. The molecule has 0 aromatic rings. The van der Waals surface area contributed by atoms with Crippen molar-refractivity contribution < 1.29 is 14.1 Å². The van der Waals surface area contributed by atoms with E-state index < -0.39 is 0 Å². The molecule has 1 aliphatic rings. The van der Waals surface area contributed by atoms with Gasteiger partial charge in [0.05, 0.1) is 0 Å². The molecule has 0 aliphatic carbocycles. The molecule has 0 aromatic carbocycles. The van der Waals surface area contributed by atoms with Gasteiger partial charge < -0.3 is 9.31 Å². The van der Waals surface area contributed by atoms with Crippen molar-refractivity contribution in [1.82, 2.24) is 0 Å². The predicted octanol–water partition coefficient (Wildman–Crippen LogP) is -0.392. The van der Waals surface area contributed by atoms with Gasteiger partial charge in [-0.2, -0.15) is 0 Å². The Morgan fingerprint density at radius 2 is 2.71 bits per heavy atom. The molecule has 0 unspecified atom stereocenters. The van der Waals surface area contributed by atoms with Gasteiger partial charge in [0.25, 0.3) is 0 Å². The number of aldehydes is 1. The molecule has 0 bridgehead atoms. The molecule has 0 saturated carbocycles. The van der Waals surface area contributed by atoms with Gasteiger partial charge in [-0.15, -0.1) is 0 Å². The lowest BCUT2D eigenvalue weighted by atomic mass is 10.4. The van der Waals surface area contributed by atoms with Gasteiger partial charge >= 0.3 is 7.69 Å². The SMILES string of the molecule is O=CC1=CO[B]O1. The highest BCUT2D eigenvalue weighted by molar-refractivity contribution is 6.21. The molecule has 7 heavy (non-hydrogen) atoms. The standard InChI is InChI=1S/C3H2BO3/c5-1-3-2-6-4-7-3/h1-2H. The summed E-state index contributed by atoms with van der Waals surface area (Å²) in [7, 11) is 1.09. The third-order valence-electron chi connectivity index (χ3n) is 0.540. The van der Waals surface area contributed by atoms with E-state index in [0.29, 0.717) is 6.29 Å². The molecule has 0 N–H and O–H groups in total. The Hall–Kier alpha value is -0.925. The van der Waals surface area contributed by atoms with E-state index in [1.165, 1.54) is 6.26 Å². The lowest BCUT2D eigenvalue weighted by molar-refractivity contribution is -0.106. The third kappa shape index (κ3) is 0.736. The summed E-state index contributed by atoms with van der Waals surface area (Å²) in [6.45, 7) is 0. The Labute approximate surface area is 41.2 Å². The Morgan fingerprint density at radius 3 is 3.00 bits per heavy atom. The van der Waals surface area contributed by atoms with Crippen molar-refractivity contribution in [2.24, 2.45) is 0 Å². The fraction of sp³-hybridized carbons (Fsp3) is 0. The summed E-state index contributed by atoms with van der Waals surface area (Å²) in [5.74, 6) is 0.208. The largest absolute Gasteiger partial charge is 0.657 e.